The van der Waals surface area contributed by atoms with Crippen LogP contribution in [0.3, 0.4) is 0 Å². The van der Waals surface area contributed by atoms with Gasteiger partial charge in [0.15, 0.2) is 0 Å². The van der Waals surface area contributed by atoms with E-state index < -0.39 is 22.0 Å². The fourth-order valence-electron chi connectivity index (χ4n) is 2.34. The Kier molecular flexibility index (Phi) is 6.45. The van der Waals surface area contributed by atoms with E-state index in [0.717, 1.165) is 5.56 Å². The highest BCUT2D eigenvalue weighted by molar-refractivity contribution is 7.88. The molecule has 6 nitrogen and oxygen atoms in total. The number of carboxylic acid groups (broad SMARTS) is 1. The van der Waals surface area contributed by atoms with E-state index in [4.69, 9.17) is 0 Å². The highest BCUT2D eigenvalue weighted by Gasteiger charge is 2.23. The van der Waals surface area contributed by atoms with E-state index >= 15 is 0 Å². The quantitative estimate of drug-likeness (QED) is 0.722. The molecule has 7 heteroatoms. The smallest absolute Gasteiger partial charge is 0.321 e. The Morgan fingerprint density at radius 1 is 1.08 bits per heavy atom. The van der Waals surface area contributed by atoms with Gasteiger partial charge in [0.05, 0.1) is 5.75 Å². The first-order valence-corrected chi connectivity index (χ1v) is 9.27. The van der Waals surface area contributed by atoms with Crippen LogP contribution in [0.1, 0.15) is 24.0 Å². The number of carboxylic acids is 1. The van der Waals surface area contributed by atoms with E-state index in [9.17, 15) is 18.3 Å². The van der Waals surface area contributed by atoms with Crippen molar-refractivity contribution in [3.63, 3.8) is 0 Å². The number of sulfonamides is 1. The van der Waals surface area contributed by atoms with Crippen LogP contribution in [0.25, 0.3) is 0 Å². The van der Waals surface area contributed by atoms with Crippen molar-refractivity contribution >= 4 is 16.0 Å². The number of aryl methyl sites for hydroxylation is 1. The predicted octanol–water partition coefficient (Wildman–Crippen LogP) is 1.98. The van der Waals surface area contributed by atoms with Crippen molar-refractivity contribution in [1.82, 2.24) is 9.71 Å². The minimum absolute atomic E-state index is 0.228. The topological polar surface area (TPSA) is 96.4 Å². The minimum Gasteiger partial charge on any atom is -0.480 e. The van der Waals surface area contributed by atoms with Crippen LogP contribution >= 0.6 is 0 Å². The third-order valence-electron chi connectivity index (χ3n) is 3.53. The molecule has 0 bridgehead atoms. The summed E-state index contributed by atoms with van der Waals surface area (Å²) >= 11 is 0. The van der Waals surface area contributed by atoms with Crippen molar-refractivity contribution in [1.29, 1.82) is 0 Å². The Bertz CT molecular complexity index is 749. The van der Waals surface area contributed by atoms with E-state index in [1.165, 1.54) is 0 Å². The second kappa shape index (κ2) is 8.56. The largest absolute Gasteiger partial charge is 0.480 e. The SMILES string of the molecule is O=C(O)[C@@H](CCCc1ccncc1)NS(=O)(=O)Cc1ccccc1. The molecule has 0 radical (unpaired) electrons. The lowest BCUT2D eigenvalue weighted by atomic mass is 10.1. The van der Waals surface area contributed by atoms with Crippen molar-refractivity contribution in [3.05, 3.63) is 66.0 Å². The summed E-state index contributed by atoms with van der Waals surface area (Å²) in [5.74, 6) is -1.40. The maximum absolute atomic E-state index is 12.2. The first-order valence-electron chi connectivity index (χ1n) is 7.62. The summed E-state index contributed by atoms with van der Waals surface area (Å²) < 4.78 is 26.6. The number of benzene rings is 1. The molecule has 0 amide bonds. The molecule has 2 N–H and O–H groups in total. The average molecular weight is 348 g/mol. The lowest BCUT2D eigenvalue weighted by Crippen LogP contribution is -2.41. The monoisotopic (exact) mass is 348 g/mol. The fourth-order valence-corrected chi connectivity index (χ4v) is 3.71. The number of nitrogens with one attached hydrogen (secondary N) is 1. The van der Waals surface area contributed by atoms with E-state index in [2.05, 4.69) is 9.71 Å². The van der Waals surface area contributed by atoms with Crippen LogP contribution in [0.4, 0.5) is 0 Å². The summed E-state index contributed by atoms with van der Waals surface area (Å²) in [6.45, 7) is 0. The first-order chi connectivity index (χ1) is 11.5. The molecular formula is C17H20N2O4S. The second-order valence-electron chi connectivity index (χ2n) is 5.50. The molecule has 0 unspecified atom stereocenters. The molecule has 128 valence electrons. The van der Waals surface area contributed by atoms with E-state index in [0.29, 0.717) is 18.4 Å². The molecule has 1 aromatic heterocycles. The van der Waals surface area contributed by atoms with Gasteiger partial charge >= 0.3 is 5.97 Å². The van der Waals surface area contributed by atoms with Gasteiger partial charge in [0, 0.05) is 12.4 Å². The summed E-state index contributed by atoms with van der Waals surface area (Å²) in [5.41, 5.74) is 1.66. The van der Waals surface area contributed by atoms with E-state index in [1.54, 1.807) is 42.7 Å². The van der Waals surface area contributed by atoms with Crippen molar-refractivity contribution < 1.29 is 18.3 Å². The van der Waals surface area contributed by atoms with Gasteiger partial charge < -0.3 is 5.11 Å². The molecule has 1 aromatic carbocycles. The van der Waals surface area contributed by atoms with Crippen molar-refractivity contribution in [2.45, 2.75) is 31.1 Å². The Labute approximate surface area is 141 Å². The van der Waals surface area contributed by atoms with Gasteiger partial charge in [-0.1, -0.05) is 30.3 Å². The van der Waals surface area contributed by atoms with Crippen LogP contribution < -0.4 is 4.72 Å². The molecule has 1 heterocycles. The zero-order valence-corrected chi connectivity index (χ0v) is 13.9. The van der Waals surface area contributed by atoms with E-state index in [1.807, 2.05) is 12.1 Å². The van der Waals surface area contributed by atoms with Gasteiger partial charge in [-0.15, -0.1) is 0 Å². The molecule has 1 atom stereocenters. The van der Waals surface area contributed by atoms with Crippen LogP contribution in [-0.2, 0) is 27.0 Å². The molecule has 0 saturated carbocycles. The Hall–Kier alpha value is -2.25. The summed E-state index contributed by atoms with van der Waals surface area (Å²) in [7, 11) is -3.71. The van der Waals surface area contributed by atoms with Crippen molar-refractivity contribution in [2.24, 2.45) is 0 Å². The minimum atomic E-state index is -3.71. The zero-order chi connectivity index (χ0) is 17.4. The summed E-state index contributed by atoms with van der Waals surface area (Å²) in [5, 5.41) is 9.26. The Balaban J connectivity index is 1.91. The van der Waals surface area contributed by atoms with Gasteiger partial charge in [0.25, 0.3) is 0 Å². The molecule has 0 aliphatic rings. The van der Waals surface area contributed by atoms with Gasteiger partial charge in [-0.05, 0) is 42.5 Å². The summed E-state index contributed by atoms with van der Waals surface area (Å²) in [4.78, 5) is 15.3. The molecule has 0 spiro atoms. The summed E-state index contributed by atoms with van der Waals surface area (Å²) in [6.07, 6.45) is 4.81. The average Bonchev–Trinajstić information content (AvgIpc) is 2.55. The second-order valence-corrected chi connectivity index (χ2v) is 7.25. The standard InChI is InChI=1S/C17H20N2O4S/c20-17(21)16(8-4-7-14-9-11-18-12-10-14)19-24(22,23)13-15-5-2-1-3-6-15/h1-3,5-6,9-12,16,19H,4,7-8,13H2,(H,20,21)/t16-/m1/s1. The highest BCUT2D eigenvalue weighted by atomic mass is 32.2. The third kappa shape index (κ3) is 6.10. The number of aromatic nitrogens is 1. The number of pyridine rings is 1. The number of hydrogen-bond acceptors (Lipinski definition) is 4. The number of aliphatic carboxylic acids is 1. The van der Waals surface area contributed by atoms with Gasteiger partial charge in [0.1, 0.15) is 6.04 Å². The molecule has 0 fully saturated rings. The normalized spacial score (nSPS) is 12.7. The zero-order valence-electron chi connectivity index (χ0n) is 13.1. The molecule has 0 aliphatic carbocycles. The number of hydrogen-bond donors (Lipinski definition) is 2. The first kappa shape index (κ1) is 18.1. The van der Waals surface area contributed by atoms with Crippen LogP contribution in [-0.4, -0.2) is 30.5 Å². The lowest BCUT2D eigenvalue weighted by Gasteiger charge is -2.15. The van der Waals surface area contributed by atoms with Crippen LogP contribution in [0.15, 0.2) is 54.9 Å². The third-order valence-corrected chi connectivity index (χ3v) is 4.88. The van der Waals surface area contributed by atoms with Gasteiger partial charge in [-0.3, -0.25) is 9.78 Å². The van der Waals surface area contributed by atoms with Crippen molar-refractivity contribution in [2.75, 3.05) is 0 Å². The maximum Gasteiger partial charge on any atom is 0.321 e. The number of rotatable bonds is 9. The van der Waals surface area contributed by atoms with Crippen molar-refractivity contribution in [3.8, 4) is 0 Å². The van der Waals surface area contributed by atoms with Crippen LogP contribution in [0.5, 0.6) is 0 Å². The van der Waals surface area contributed by atoms with Gasteiger partial charge in [0.2, 0.25) is 10.0 Å². The molecule has 0 aliphatic heterocycles. The molecule has 2 rings (SSSR count). The number of nitrogens with zero attached hydrogens (tertiary/aromatic N) is 1. The van der Waals surface area contributed by atoms with Crippen LogP contribution in [0, 0.1) is 0 Å². The molecular weight excluding hydrogens is 328 g/mol. The highest BCUT2D eigenvalue weighted by Crippen LogP contribution is 2.09. The van der Waals surface area contributed by atoms with E-state index in [-0.39, 0.29) is 12.2 Å². The van der Waals surface area contributed by atoms with Crippen LogP contribution in [0.2, 0.25) is 0 Å². The lowest BCUT2D eigenvalue weighted by molar-refractivity contribution is -0.139. The Morgan fingerprint density at radius 2 is 1.75 bits per heavy atom. The van der Waals surface area contributed by atoms with Gasteiger partial charge in [-0.2, -0.15) is 0 Å². The molecule has 24 heavy (non-hydrogen) atoms. The maximum atomic E-state index is 12.2. The fraction of sp³-hybridized carbons (Fsp3) is 0.294. The molecule has 0 saturated heterocycles. The number of carbonyl (C=O) groups is 1. The Morgan fingerprint density at radius 3 is 2.38 bits per heavy atom. The predicted molar refractivity (Wildman–Crippen MR) is 90.8 cm³/mol. The summed E-state index contributed by atoms with van der Waals surface area (Å²) in [6, 6.07) is 11.3. The molecule has 2 aromatic rings. The van der Waals surface area contributed by atoms with Gasteiger partial charge in [-0.25, -0.2) is 13.1 Å².